The molecule has 1 amide bonds. The van der Waals surface area contributed by atoms with Gasteiger partial charge in [0, 0.05) is 36.2 Å². The molecule has 0 atom stereocenters. The first-order chi connectivity index (χ1) is 14.8. The number of amides is 1. The van der Waals surface area contributed by atoms with Gasteiger partial charge in [-0.2, -0.15) is 0 Å². The molecule has 30 heavy (non-hydrogen) atoms. The van der Waals surface area contributed by atoms with Crippen LogP contribution in [0.1, 0.15) is 17.9 Å². The molecule has 0 saturated carbocycles. The second-order valence-electron chi connectivity index (χ2n) is 7.44. The largest absolute Gasteiger partial charge is 0.440 e. The van der Waals surface area contributed by atoms with Gasteiger partial charge in [-0.1, -0.05) is 78.9 Å². The summed E-state index contributed by atoms with van der Waals surface area (Å²) in [7, 11) is 0. The molecule has 0 spiro atoms. The molecule has 4 nitrogen and oxygen atoms in total. The van der Waals surface area contributed by atoms with Crippen LogP contribution in [0.4, 0.5) is 5.69 Å². The van der Waals surface area contributed by atoms with Crippen LogP contribution in [0.15, 0.2) is 89.3 Å². The Morgan fingerprint density at radius 3 is 2.30 bits per heavy atom. The summed E-state index contributed by atoms with van der Waals surface area (Å²) in [6.45, 7) is 0.744. The van der Waals surface area contributed by atoms with Crippen LogP contribution in [0.5, 0.6) is 0 Å². The number of anilines is 1. The minimum Gasteiger partial charge on any atom is -0.440 e. The molecule has 0 N–H and O–H groups in total. The van der Waals surface area contributed by atoms with Crippen molar-refractivity contribution in [1.82, 2.24) is 4.98 Å². The fourth-order valence-corrected chi connectivity index (χ4v) is 3.99. The third kappa shape index (κ3) is 3.52. The van der Waals surface area contributed by atoms with E-state index < -0.39 is 0 Å². The van der Waals surface area contributed by atoms with Crippen LogP contribution in [0.3, 0.4) is 0 Å². The first-order valence-corrected chi connectivity index (χ1v) is 10.3. The highest BCUT2D eigenvalue weighted by Crippen LogP contribution is 2.33. The molecular weight excluding hydrogens is 372 g/mol. The lowest BCUT2D eigenvalue weighted by atomic mass is 10.1. The third-order valence-corrected chi connectivity index (χ3v) is 5.50. The Balaban J connectivity index is 1.39. The standard InChI is InChI=1S/C26H22N2O2/c29-24(28-18-17-19-9-7-8-14-22(19)28)16-15-23-27-25(20-10-3-1-4-11-20)26(30-23)21-12-5-2-6-13-21/h1-14H,15-18H2. The number of carbonyl (C=O) groups is 1. The average Bonchev–Trinajstić information content (AvgIpc) is 3.43. The van der Waals surface area contributed by atoms with Crippen molar-refractivity contribution in [3.8, 4) is 22.6 Å². The Morgan fingerprint density at radius 1 is 0.867 bits per heavy atom. The molecule has 1 aliphatic heterocycles. The van der Waals surface area contributed by atoms with Crippen molar-refractivity contribution in [3.63, 3.8) is 0 Å². The summed E-state index contributed by atoms with van der Waals surface area (Å²) in [5.41, 5.74) is 5.07. The number of para-hydroxylation sites is 1. The summed E-state index contributed by atoms with van der Waals surface area (Å²) < 4.78 is 6.16. The summed E-state index contributed by atoms with van der Waals surface area (Å²) in [5.74, 6) is 1.45. The minimum absolute atomic E-state index is 0.112. The highest BCUT2D eigenvalue weighted by Gasteiger charge is 2.24. The van der Waals surface area contributed by atoms with E-state index in [1.807, 2.05) is 83.8 Å². The van der Waals surface area contributed by atoms with E-state index in [4.69, 9.17) is 9.40 Å². The molecule has 0 bridgehead atoms. The fraction of sp³-hybridized carbons (Fsp3) is 0.154. The Hall–Kier alpha value is -3.66. The van der Waals surface area contributed by atoms with Crippen LogP contribution in [0, 0.1) is 0 Å². The molecule has 5 rings (SSSR count). The van der Waals surface area contributed by atoms with E-state index in [1.165, 1.54) is 5.56 Å². The summed E-state index contributed by atoms with van der Waals surface area (Å²) in [5, 5.41) is 0. The smallest absolute Gasteiger partial charge is 0.227 e. The number of hydrogen-bond acceptors (Lipinski definition) is 3. The van der Waals surface area contributed by atoms with Crippen molar-refractivity contribution in [2.24, 2.45) is 0 Å². The minimum atomic E-state index is 0.112. The Kier molecular flexibility index (Phi) is 4.89. The lowest BCUT2D eigenvalue weighted by molar-refractivity contribution is -0.118. The highest BCUT2D eigenvalue weighted by atomic mass is 16.4. The van der Waals surface area contributed by atoms with Gasteiger partial charge in [-0.15, -0.1) is 0 Å². The normalized spacial score (nSPS) is 12.7. The first-order valence-electron chi connectivity index (χ1n) is 10.3. The molecule has 0 unspecified atom stereocenters. The molecule has 0 aliphatic carbocycles. The highest BCUT2D eigenvalue weighted by molar-refractivity contribution is 5.95. The van der Waals surface area contributed by atoms with E-state index >= 15 is 0 Å². The monoisotopic (exact) mass is 394 g/mol. The number of aryl methyl sites for hydroxylation is 1. The predicted molar refractivity (Wildman–Crippen MR) is 118 cm³/mol. The number of aromatic nitrogens is 1. The average molecular weight is 394 g/mol. The number of rotatable bonds is 5. The quantitative estimate of drug-likeness (QED) is 0.447. The summed E-state index contributed by atoms with van der Waals surface area (Å²) in [6, 6.07) is 28.1. The third-order valence-electron chi connectivity index (χ3n) is 5.50. The van der Waals surface area contributed by atoms with E-state index in [0.29, 0.717) is 18.7 Å². The zero-order valence-corrected chi connectivity index (χ0v) is 16.6. The van der Waals surface area contributed by atoms with Crippen LogP contribution < -0.4 is 4.90 Å². The Morgan fingerprint density at radius 2 is 1.53 bits per heavy atom. The number of hydrogen-bond donors (Lipinski definition) is 0. The molecule has 2 heterocycles. The predicted octanol–water partition coefficient (Wildman–Crippen LogP) is 5.53. The van der Waals surface area contributed by atoms with Crippen molar-refractivity contribution in [2.75, 3.05) is 11.4 Å². The van der Waals surface area contributed by atoms with Crippen LogP contribution in [0.25, 0.3) is 22.6 Å². The lowest BCUT2D eigenvalue weighted by Crippen LogP contribution is -2.29. The molecule has 4 heteroatoms. The molecular formula is C26H22N2O2. The van der Waals surface area contributed by atoms with E-state index in [0.717, 1.165) is 41.2 Å². The Labute approximate surface area is 175 Å². The van der Waals surface area contributed by atoms with E-state index in [9.17, 15) is 4.79 Å². The molecule has 0 fully saturated rings. The molecule has 0 radical (unpaired) electrons. The molecule has 1 aliphatic rings. The number of benzene rings is 3. The van der Waals surface area contributed by atoms with Gasteiger partial charge in [0.05, 0.1) is 0 Å². The van der Waals surface area contributed by atoms with Gasteiger partial charge in [0.2, 0.25) is 5.91 Å². The van der Waals surface area contributed by atoms with Crippen LogP contribution >= 0.6 is 0 Å². The van der Waals surface area contributed by atoms with Crippen molar-refractivity contribution in [3.05, 3.63) is 96.4 Å². The SMILES string of the molecule is O=C(CCc1nc(-c2ccccc2)c(-c2ccccc2)o1)N1CCc2ccccc21. The van der Waals surface area contributed by atoms with Crippen LogP contribution in [-0.2, 0) is 17.6 Å². The van der Waals surface area contributed by atoms with Crippen LogP contribution in [0.2, 0.25) is 0 Å². The maximum atomic E-state index is 12.9. The van der Waals surface area contributed by atoms with Gasteiger partial charge in [-0.05, 0) is 18.1 Å². The molecule has 148 valence electrons. The van der Waals surface area contributed by atoms with Gasteiger partial charge in [-0.3, -0.25) is 4.79 Å². The van der Waals surface area contributed by atoms with E-state index in [-0.39, 0.29) is 5.91 Å². The lowest BCUT2D eigenvalue weighted by Gasteiger charge is -2.16. The van der Waals surface area contributed by atoms with Gasteiger partial charge in [-0.25, -0.2) is 4.98 Å². The maximum absolute atomic E-state index is 12.9. The van der Waals surface area contributed by atoms with Gasteiger partial charge >= 0.3 is 0 Å². The fourth-order valence-electron chi connectivity index (χ4n) is 3.99. The van der Waals surface area contributed by atoms with Gasteiger partial charge < -0.3 is 9.32 Å². The van der Waals surface area contributed by atoms with E-state index in [2.05, 4.69) is 6.07 Å². The van der Waals surface area contributed by atoms with Gasteiger partial charge in [0.15, 0.2) is 11.7 Å². The summed E-state index contributed by atoms with van der Waals surface area (Å²) in [6.07, 6.45) is 1.76. The summed E-state index contributed by atoms with van der Waals surface area (Å²) >= 11 is 0. The molecule has 3 aromatic carbocycles. The number of carbonyl (C=O) groups excluding carboxylic acids is 1. The second kappa shape index (κ2) is 7.99. The van der Waals surface area contributed by atoms with Gasteiger partial charge in [0.1, 0.15) is 5.69 Å². The van der Waals surface area contributed by atoms with Crippen molar-refractivity contribution >= 4 is 11.6 Å². The van der Waals surface area contributed by atoms with E-state index in [1.54, 1.807) is 0 Å². The number of nitrogens with zero attached hydrogens (tertiary/aromatic N) is 2. The topological polar surface area (TPSA) is 46.3 Å². The van der Waals surface area contributed by atoms with Crippen molar-refractivity contribution in [1.29, 1.82) is 0 Å². The maximum Gasteiger partial charge on any atom is 0.227 e. The van der Waals surface area contributed by atoms with Gasteiger partial charge in [0.25, 0.3) is 0 Å². The van der Waals surface area contributed by atoms with Crippen LogP contribution in [-0.4, -0.2) is 17.4 Å². The molecule has 4 aromatic rings. The van der Waals surface area contributed by atoms with Crippen molar-refractivity contribution < 1.29 is 9.21 Å². The number of oxazole rings is 1. The zero-order valence-electron chi connectivity index (χ0n) is 16.6. The number of fused-ring (bicyclic) bond motifs is 1. The Bertz CT molecular complexity index is 1110. The van der Waals surface area contributed by atoms with Crippen molar-refractivity contribution in [2.45, 2.75) is 19.3 Å². The molecule has 1 aromatic heterocycles. The zero-order chi connectivity index (χ0) is 20.3. The second-order valence-corrected chi connectivity index (χ2v) is 7.44. The first kappa shape index (κ1) is 18.4. The summed E-state index contributed by atoms with van der Waals surface area (Å²) in [4.78, 5) is 19.5. The molecule has 0 saturated heterocycles.